The first-order valence-corrected chi connectivity index (χ1v) is 7.64. The van der Waals surface area contributed by atoms with Gasteiger partial charge in [-0.3, -0.25) is 0 Å². The number of aliphatic hydroxyl groups is 1. The second-order valence-corrected chi connectivity index (χ2v) is 6.52. The minimum atomic E-state index is -3.59. The Morgan fingerprint density at radius 1 is 1.50 bits per heavy atom. The van der Waals surface area contributed by atoms with E-state index < -0.39 is 10.0 Å². The van der Waals surface area contributed by atoms with Gasteiger partial charge in [0.1, 0.15) is 5.15 Å². The molecule has 100 valence electrons. The van der Waals surface area contributed by atoms with Crippen molar-refractivity contribution in [1.29, 1.82) is 0 Å². The van der Waals surface area contributed by atoms with Gasteiger partial charge in [-0.15, -0.1) is 0 Å². The van der Waals surface area contributed by atoms with Crippen LogP contribution in [0.1, 0.15) is 19.3 Å². The lowest BCUT2D eigenvalue weighted by Crippen LogP contribution is -2.38. The summed E-state index contributed by atoms with van der Waals surface area (Å²) in [5.74, 6) is -0.00270. The standard InChI is InChI=1S/C11H15ClN2O3S/c12-11-6-9(4-5-13-11)18(16,17)14-10-3-1-2-8(10)7-15/h4-6,8,10,14-15H,1-3,7H2. The molecule has 5 nitrogen and oxygen atoms in total. The maximum atomic E-state index is 12.1. The molecule has 1 heterocycles. The van der Waals surface area contributed by atoms with Crippen molar-refractivity contribution < 1.29 is 13.5 Å². The van der Waals surface area contributed by atoms with E-state index in [1.165, 1.54) is 18.3 Å². The minimum Gasteiger partial charge on any atom is -0.396 e. The smallest absolute Gasteiger partial charge is 0.240 e. The lowest BCUT2D eigenvalue weighted by molar-refractivity contribution is 0.213. The number of hydrogen-bond donors (Lipinski definition) is 2. The topological polar surface area (TPSA) is 79.3 Å². The average Bonchev–Trinajstić information content (AvgIpc) is 2.75. The molecule has 0 bridgehead atoms. The Balaban J connectivity index is 2.17. The van der Waals surface area contributed by atoms with E-state index in [1.807, 2.05) is 0 Å². The summed E-state index contributed by atoms with van der Waals surface area (Å²) in [6, 6.07) is 2.51. The van der Waals surface area contributed by atoms with Crippen LogP contribution in [0.5, 0.6) is 0 Å². The Bertz CT molecular complexity index is 521. The molecule has 0 amide bonds. The summed E-state index contributed by atoms with van der Waals surface area (Å²) >= 11 is 5.68. The molecule has 1 aliphatic carbocycles. The van der Waals surface area contributed by atoms with Gasteiger partial charge in [-0.25, -0.2) is 18.1 Å². The molecule has 2 unspecified atom stereocenters. The van der Waals surface area contributed by atoms with E-state index in [9.17, 15) is 13.5 Å². The van der Waals surface area contributed by atoms with E-state index in [2.05, 4.69) is 9.71 Å². The molecular formula is C11H15ClN2O3S. The van der Waals surface area contributed by atoms with Crippen LogP contribution in [0.3, 0.4) is 0 Å². The van der Waals surface area contributed by atoms with Crippen LogP contribution in [0.25, 0.3) is 0 Å². The molecule has 2 N–H and O–H groups in total. The first-order chi connectivity index (χ1) is 8.53. The number of aliphatic hydroxyl groups excluding tert-OH is 1. The van der Waals surface area contributed by atoms with Crippen molar-refractivity contribution in [2.75, 3.05) is 6.61 Å². The molecule has 2 atom stereocenters. The van der Waals surface area contributed by atoms with Crippen LogP contribution in [0.15, 0.2) is 23.2 Å². The summed E-state index contributed by atoms with van der Waals surface area (Å²) in [7, 11) is -3.59. The molecule has 1 aromatic rings. The maximum Gasteiger partial charge on any atom is 0.240 e. The first-order valence-electron chi connectivity index (χ1n) is 5.77. The van der Waals surface area contributed by atoms with Gasteiger partial charge in [0.15, 0.2) is 0 Å². The van der Waals surface area contributed by atoms with E-state index in [1.54, 1.807) is 0 Å². The molecule has 0 spiro atoms. The number of rotatable bonds is 4. The van der Waals surface area contributed by atoms with E-state index in [0.29, 0.717) is 0 Å². The van der Waals surface area contributed by atoms with Gasteiger partial charge in [-0.05, 0) is 30.9 Å². The van der Waals surface area contributed by atoms with Crippen LogP contribution in [-0.2, 0) is 10.0 Å². The van der Waals surface area contributed by atoms with Gasteiger partial charge < -0.3 is 5.11 Å². The number of hydrogen-bond acceptors (Lipinski definition) is 4. The van der Waals surface area contributed by atoms with E-state index >= 15 is 0 Å². The summed E-state index contributed by atoms with van der Waals surface area (Å²) in [4.78, 5) is 3.85. The third-order valence-electron chi connectivity index (χ3n) is 3.21. The molecule has 1 fully saturated rings. The summed E-state index contributed by atoms with van der Waals surface area (Å²) in [5, 5.41) is 9.32. The molecule has 18 heavy (non-hydrogen) atoms. The van der Waals surface area contributed by atoms with Gasteiger partial charge in [0.05, 0.1) is 4.90 Å². The Morgan fingerprint density at radius 3 is 2.94 bits per heavy atom. The van der Waals surface area contributed by atoms with Crippen molar-refractivity contribution in [2.24, 2.45) is 5.92 Å². The number of nitrogens with zero attached hydrogens (tertiary/aromatic N) is 1. The number of sulfonamides is 1. The van der Waals surface area contributed by atoms with Gasteiger partial charge in [-0.1, -0.05) is 18.0 Å². The van der Waals surface area contributed by atoms with Crippen LogP contribution in [0, 0.1) is 5.92 Å². The van der Waals surface area contributed by atoms with E-state index in [-0.39, 0.29) is 28.6 Å². The fourth-order valence-electron chi connectivity index (χ4n) is 2.23. The van der Waals surface area contributed by atoms with Gasteiger partial charge in [0, 0.05) is 18.8 Å². The zero-order valence-corrected chi connectivity index (χ0v) is 11.3. The molecular weight excluding hydrogens is 276 g/mol. The maximum absolute atomic E-state index is 12.1. The second-order valence-electron chi connectivity index (χ2n) is 4.42. The first kappa shape index (κ1) is 13.7. The van der Waals surface area contributed by atoms with Crippen molar-refractivity contribution in [3.05, 3.63) is 23.5 Å². The van der Waals surface area contributed by atoms with Crippen LogP contribution in [-0.4, -0.2) is 31.2 Å². The van der Waals surface area contributed by atoms with Crippen LogP contribution in [0.4, 0.5) is 0 Å². The Kier molecular flexibility index (Phi) is 4.21. The Morgan fingerprint density at radius 2 is 2.28 bits per heavy atom. The van der Waals surface area contributed by atoms with Crippen LogP contribution >= 0.6 is 11.6 Å². The fourth-order valence-corrected chi connectivity index (χ4v) is 3.82. The summed E-state index contributed by atoms with van der Waals surface area (Å²) in [6.07, 6.45) is 3.88. The molecule has 0 radical (unpaired) electrons. The zero-order valence-electron chi connectivity index (χ0n) is 9.71. The predicted molar refractivity (Wildman–Crippen MR) is 67.8 cm³/mol. The summed E-state index contributed by atoms with van der Waals surface area (Å²) in [5.41, 5.74) is 0. The largest absolute Gasteiger partial charge is 0.396 e. The highest BCUT2D eigenvalue weighted by atomic mass is 35.5. The van der Waals surface area contributed by atoms with E-state index in [4.69, 9.17) is 11.6 Å². The SMILES string of the molecule is O=S(=O)(NC1CCCC1CO)c1ccnc(Cl)c1. The number of halogens is 1. The van der Waals surface area contributed by atoms with Gasteiger partial charge in [-0.2, -0.15) is 0 Å². The molecule has 0 aromatic carbocycles. The lowest BCUT2D eigenvalue weighted by atomic mass is 10.1. The Hall–Kier alpha value is -0.690. The summed E-state index contributed by atoms with van der Waals surface area (Å²) < 4.78 is 26.9. The minimum absolute atomic E-state index is 0.00270. The predicted octanol–water partition coefficient (Wildman–Crippen LogP) is 1.17. The van der Waals surface area contributed by atoms with Gasteiger partial charge >= 0.3 is 0 Å². The monoisotopic (exact) mass is 290 g/mol. The van der Waals surface area contributed by atoms with Crippen molar-refractivity contribution in [3.8, 4) is 0 Å². The van der Waals surface area contributed by atoms with Crippen molar-refractivity contribution >= 4 is 21.6 Å². The highest BCUT2D eigenvalue weighted by Crippen LogP contribution is 2.26. The van der Waals surface area contributed by atoms with Crippen LogP contribution < -0.4 is 4.72 Å². The van der Waals surface area contributed by atoms with Crippen molar-refractivity contribution in [2.45, 2.75) is 30.2 Å². The zero-order chi connectivity index (χ0) is 13.2. The number of nitrogens with one attached hydrogen (secondary N) is 1. The second kappa shape index (κ2) is 5.52. The highest BCUT2D eigenvalue weighted by Gasteiger charge is 2.30. The third kappa shape index (κ3) is 3.00. The molecule has 1 aliphatic rings. The van der Waals surface area contributed by atoms with Gasteiger partial charge in [0.2, 0.25) is 10.0 Å². The number of aromatic nitrogens is 1. The number of pyridine rings is 1. The molecule has 1 aromatic heterocycles. The normalized spacial score (nSPS) is 24.3. The van der Waals surface area contributed by atoms with Crippen molar-refractivity contribution in [3.63, 3.8) is 0 Å². The van der Waals surface area contributed by atoms with Crippen molar-refractivity contribution in [1.82, 2.24) is 9.71 Å². The summed E-state index contributed by atoms with van der Waals surface area (Å²) in [6.45, 7) is 0.00425. The molecule has 0 saturated heterocycles. The quantitative estimate of drug-likeness (QED) is 0.816. The lowest BCUT2D eigenvalue weighted by Gasteiger charge is -2.18. The molecule has 1 saturated carbocycles. The van der Waals surface area contributed by atoms with E-state index in [0.717, 1.165) is 19.3 Å². The molecule has 7 heteroatoms. The Labute approximate surface area is 111 Å². The third-order valence-corrected chi connectivity index (χ3v) is 4.90. The molecule has 2 rings (SSSR count). The highest BCUT2D eigenvalue weighted by molar-refractivity contribution is 7.89. The van der Waals surface area contributed by atoms with Gasteiger partial charge in [0.25, 0.3) is 0 Å². The fraction of sp³-hybridized carbons (Fsp3) is 0.545. The van der Waals surface area contributed by atoms with Crippen LogP contribution in [0.2, 0.25) is 5.15 Å². The molecule has 0 aliphatic heterocycles. The average molecular weight is 291 g/mol.